The highest BCUT2D eigenvalue weighted by Crippen LogP contribution is 2.56. The summed E-state index contributed by atoms with van der Waals surface area (Å²) in [7, 11) is 0. The third-order valence-electron chi connectivity index (χ3n) is 1.52. The first-order valence-electron chi connectivity index (χ1n) is 5.72. The molecule has 0 aromatic rings. The van der Waals surface area contributed by atoms with Crippen LogP contribution in [0.3, 0.4) is 0 Å². The third kappa shape index (κ3) is 8.57. The van der Waals surface area contributed by atoms with Crippen molar-refractivity contribution in [3.05, 3.63) is 0 Å². The summed E-state index contributed by atoms with van der Waals surface area (Å²) in [6.45, 7) is 9.03. The molecule has 0 aliphatic rings. The Balaban J connectivity index is 4.23. The van der Waals surface area contributed by atoms with E-state index in [-0.39, 0.29) is 0 Å². The summed E-state index contributed by atoms with van der Waals surface area (Å²) in [5.74, 6) is 1.03. The Hall–Kier alpha value is 0.430. The van der Waals surface area contributed by atoms with Gasteiger partial charge in [-0.05, 0) is 38.5 Å². The molecule has 3 nitrogen and oxygen atoms in total. The van der Waals surface area contributed by atoms with Crippen LogP contribution in [0.4, 0.5) is 0 Å². The molecule has 0 spiro atoms. The van der Waals surface area contributed by atoms with Gasteiger partial charge in [0, 0.05) is 11.8 Å². The first-order chi connectivity index (χ1) is 7.54. The molecule has 0 aliphatic carbocycles. The highest BCUT2D eigenvalue weighted by atomic mass is 32.9. The van der Waals surface area contributed by atoms with Crippen LogP contribution in [0, 0.1) is 0 Å². The van der Waals surface area contributed by atoms with Crippen molar-refractivity contribution < 1.29 is 4.52 Å². The summed E-state index contributed by atoms with van der Waals surface area (Å²) in [4.78, 5) is 4.26. The lowest BCUT2D eigenvalue weighted by molar-refractivity contribution is 0.356. The van der Waals surface area contributed by atoms with Gasteiger partial charge in [-0.1, -0.05) is 25.2 Å². The average Bonchev–Trinajstić information content (AvgIpc) is 2.23. The van der Waals surface area contributed by atoms with E-state index in [9.17, 15) is 0 Å². The fourth-order valence-electron chi connectivity index (χ4n) is 0.788. The fraction of sp³-hybridized carbons (Fsp3) is 0.900. The van der Waals surface area contributed by atoms with E-state index in [1.165, 1.54) is 0 Å². The number of hydrogen-bond donors (Lipinski definition) is 1. The highest BCUT2D eigenvalue weighted by molar-refractivity contribution is 8.68. The Morgan fingerprint density at radius 1 is 1.44 bits per heavy atom. The number of rotatable bonds is 9. The second-order valence-electron chi connectivity index (χ2n) is 3.66. The second kappa shape index (κ2) is 9.46. The Kier molecular flexibility index (Phi) is 9.71. The molecule has 1 unspecified atom stereocenters. The largest absolute Gasteiger partial charge is 0.326 e. The molecular weight excluding hydrogens is 259 g/mol. The van der Waals surface area contributed by atoms with Gasteiger partial charge in [-0.25, -0.2) is 0 Å². The minimum Gasteiger partial charge on any atom is -0.326 e. The van der Waals surface area contributed by atoms with Crippen molar-refractivity contribution in [1.29, 1.82) is 0 Å². The quantitative estimate of drug-likeness (QED) is 0.396. The van der Waals surface area contributed by atoms with Crippen molar-refractivity contribution >= 4 is 35.1 Å². The smallest absolute Gasteiger partial charge is 0.211 e. The number of nitrogens with zero attached hydrogens (tertiary/aromatic N) is 1. The summed E-state index contributed by atoms with van der Waals surface area (Å²) in [6, 6.07) is 0.290. The van der Waals surface area contributed by atoms with Crippen LogP contribution in [0.15, 0.2) is 4.99 Å². The molecule has 0 aliphatic heterocycles. The Bertz CT molecular complexity index is 235. The molecule has 1 atom stereocenters. The molecule has 0 saturated heterocycles. The zero-order chi connectivity index (χ0) is 12.4. The minimum atomic E-state index is -1.96. The van der Waals surface area contributed by atoms with Gasteiger partial charge < -0.3 is 9.61 Å². The van der Waals surface area contributed by atoms with E-state index < -0.39 is 5.62 Å². The zero-order valence-corrected chi connectivity index (χ0v) is 13.1. The van der Waals surface area contributed by atoms with E-state index in [1.807, 2.05) is 13.8 Å². The van der Waals surface area contributed by atoms with Gasteiger partial charge in [0.25, 0.3) is 0 Å². The van der Waals surface area contributed by atoms with Crippen LogP contribution < -0.4 is 5.09 Å². The van der Waals surface area contributed by atoms with Crippen LogP contribution in [0.2, 0.25) is 0 Å². The molecule has 0 fully saturated rings. The van der Waals surface area contributed by atoms with Crippen LogP contribution in [0.1, 0.15) is 40.5 Å². The van der Waals surface area contributed by atoms with Gasteiger partial charge in [0.2, 0.25) is 5.62 Å². The van der Waals surface area contributed by atoms with E-state index in [2.05, 4.69) is 23.9 Å². The van der Waals surface area contributed by atoms with E-state index in [0.29, 0.717) is 6.04 Å². The molecule has 0 bridgehead atoms. The van der Waals surface area contributed by atoms with Crippen LogP contribution in [0.5, 0.6) is 0 Å². The van der Waals surface area contributed by atoms with Gasteiger partial charge in [-0.15, -0.1) is 0 Å². The van der Waals surface area contributed by atoms with E-state index in [1.54, 1.807) is 17.7 Å². The van der Waals surface area contributed by atoms with E-state index in [0.717, 1.165) is 25.2 Å². The number of aliphatic imine (C=N–C) groups is 1. The molecule has 0 heterocycles. The lowest BCUT2D eigenvalue weighted by Gasteiger charge is -2.20. The first-order valence-corrected chi connectivity index (χ1v) is 10.0. The summed E-state index contributed by atoms with van der Waals surface area (Å²) >= 11 is 7.25. The van der Waals surface area contributed by atoms with E-state index in [4.69, 9.17) is 16.3 Å². The van der Waals surface area contributed by atoms with Gasteiger partial charge in [0.15, 0.2) is 0 Å². The van der Waals surface area contributed by atoms with Crippen molar-refractivity contribution in [3.63, 3.8) is 0 Å². The molecule has 96 valence electrons. The number of nitrogens with one attached hydrogen (secondary N) is 1. The maximum Gasteiger partial charge on any atom is 0.211 e. The first kappa shape index (κ1) is 16.4. The van der Waals surface area contributed by atoms with Crippen LogP contribution in [-0.2, 0) is 16.3 Å². The molecule has 0 aromatic heterocycles. The average molecular weight is 282 g/mol. The predicted molar refractivity (Wildman–Crippen MR) is 80.0 cm³/mol. The summed E-state index contributed by atoms with van der Waals surface area (Å²) < 4.78 is 5.75. The highest BCUT2D eigenvalue weighted by Gasteiger charge is 2.15. The molecule has 16 heavy (non-hydrogen) atoms. The van der Waals surface area contributed by atoms with Crippen LogP contribution in [0.25, 0.3) is 0 Å². The molecule has 0 amide bonds. The summed E-state index contributed by atoms with van der Waals surface area (Å²) in [6.07, 6.45) is 3.82. The molecule has 0 aromatic carbocycles. The normalized spacial score (nSPS) is 15.6. The number of hydrogen-bond acceptors (Lipinski definition) is 4. The van der Waals surface area contributed by atoms with Gasteiger partial charge >= 0.3 is 0 Å². The topological polar surface area (TPSA) is 33.6 Å². The molecule has 1 N–H and O–H groups in total. The predicted octanol–water partition coefficient (Wildman–Crippen LogP) is 3.81. The lowest BCUT2D eigenvalue weighted by Crippen LogP contribution is -2.10. The monoisotopic (exact) mass is 282 g/mol. The SMILES string of the molecule is CCCOP(=S)(NC=NC(C)C)SCCC. The van der Waals surface area contributed by atoms with Gasteiger partial charge in [-0.2, -0.15) is 0 Å². The lowest BCUT2D eigenvalue weighted by atomic mass is 10.4. The van der Waals surface area contributed by atoms with Crippen molar-refractivity contribution in [2.24, 2.45) is 4.99 Å². The van der Waals surface area contributed by atoms with Gasteiger partial charge in [0.1, 0.15) is 0 Å². The van der Waals surface area contributed by atoms with Crippen LogP contribution >= 0.6 is 17.0 Å². The standard InChI is InChI=1S/C10H23N2OPS2/c1-5-7-13-14(15,16-8-6-2)12-9-11-10(3)4/h9-10H,5-8H2,1-4H3,(H,11,12,15). The zero-order valence-electron chi connectivity index (χ0n) is 10.6. The van der Waals surface area contributed by atoms with Crippen LogP contribution in [-0.4, -0.2) is 24.7 Å². The Morgan fingerprint density at radius 3 is 2.62 bits per heavy atom. The Labute approximate surface area is 109 Å². The maximum atomic E-state index is 5.75. The maximum absolute atomic E-state index is 5.75. The third-order valence-corrected chi connectivity index (χ3v) is 7.19. The van der Waals surface area contributed by atoms with Crippen molar-refractivity contribution in [2.45, 2.75) is 46.6 Å². The Morgan fingerprint density at radius 2 is 2.12 bits per heavy atom. The molecule has 0 saturated carbocycles. The fourth-order valence-corrected chi connectivity index (χ4v) is 5.18. The van der Waals surface area contributed by atoms with Gasteiger partial charge in [0.05, 0.1) is 12.9 Å². The molecular formula is C10H23N2OPS2. The molecule has 6 heteroatoms. The van der Waals surface area contributed by atoms with E-state index >= 15 is 0 Å². The molecule has 0 rings (SSSR count). The summed E-state index contributed by atoms with van der Waals surface area (Å²) in [5.41, 5.74) is -1.96. The second-order valence-corrected chi connectivity index (χ2v) is 10.4. The van der Waals surface area contributed by atoms with Crippen molar-refractivity contribution in [2.75, 3.05) is 12.4 Å². The summed E-state index contributed by atoms with van der Waals surface area (Å²) in [5, 5.41) is 3.17. The van der Waals surface area contributed by atoms with Crippen molar-refractivity contribution in [1.82, 2.24) is 5.09 Å². The van der Waals surface area contributed by atoms with Crippen molar-refractivity contribution in [3.8, 4) is 0 Å². The molecule has 0 radical (unpaired) electrons. The van der Waals surface area contributed by atoms with Gasteiger partial charge in [-0.3, -0.25) is 4.99 Å². The minimum absolute atomic E-state index is 0.290.